The van der Waals surface area contributed by atoms with Crippen molar-refractivity contribution in [2.45, 2.75) is 77.4 Å². The third kappa shape index (κ3) is 5.36. The van der Waals surface area contributed by atoms with Crippen molar-refractivity contribution in [1.29, 1.82) is 0 Å². The fraction of sp³-hybridized carbons (Fsp3) is 0.733. The number of sulfonamides is 1. The van der Waals surface area contributed by atoms with Crippen molar-refractivity contribution in [3.8, 4) is 0 Å². The fourth-order valence-electron chi connectivity index (χ4n) is 2.36. The van der Waals surface area contributed by atoms with Crippen LogP contribution >= 0.6 is 11.3 Å². The van der Waals surface area contributed by atoms with Gasteiger partial charge in [0.25, 0.3) is 0 Å². The van der Waals surface area contributed by atoms with E-state index in [1.54, 1.807) is 0 Å². The maximum Gasteiger partial charge on any atom is 0.242 e. The molecule has 0 aliphatic rings. The van der Waals surface area contributed by atoms with Crippen molar-refractivity contribution in [1.82, 2.24) is 10.0 Å². The summed E-state index contributed by atoms with van der Waals surface area (Å²) in [5.74, 6) is 0. The van der Waals surface area contributed by atoms with Crippen molar-refractivity contribution in [3.63, 3.8) is 0 Å². The lowest BCUT2D eigenvalue weighted by atomic mass is 10.0. The van der Waals surface area contributed by atoms with E-state index in [0.29, 0.717) is 17.5 Å². The van der Waals surface area contributed by atoms with Gasteiger partial charge in [-0.3, -0.25) is 0 Å². The first-order valence-electron chi connectivity index (χ1n) is 7.43. The first-order valence-corrected chi connectivity index (χ1v) is 9.79. The highest BCUT2D eigenvalue weighted by molar-refractivity contribution is 7.89. The minimum Gasteiger partial charge on any atom is -0.310 e. The Hall–Kier alpha value is -0.430. The largest absolute Gasteiger partial charge is 0.310 e. The van der Waals surface area contributed by atoms with Gasteiger partial charge in [0, 0.05) is 23.0 Å². The van der Waals surface area contributed by atoms with Crippen LogP contribution in [0.5, 0.6) is 0 Å². The Labute approximate surface area is 133 Å². The Bertz CT molecular complexity index is 560. The van der Waals surface area contributed by atoms with Crippen LogP contribution in [0.3, 0.4) is 0 Å². The molecule has 2 N–H and O–H groups in total. The van der Waals surface area contributed by atoms with E-state index < -0.39 is 15.6 Å². The van der Waals surface area contributed by atoms with Crippen molar-refractivity contribution in [2.75, 3.05) is 0 Å². The molecule has 0 amide bonds. The highest BCUT2D eigenvalue weighted by Gasteiger charge is 2.29. The maximum absolute atomic E-state index is 12.7. The lowest BCUT2D eigenvalue weighted by Gasteiger charge is -2.25. The standard InChI is InChI=1S/C15H28N2O2S2/c1-7-8-15(5,6)17-21(18,19)14-12(4)10-20-13(14)9-16-11(2)3/h10-11,16-17H,7-9H2,1-6H3. The SMILES string of the molecule is CCCC(C)(C)NS(=O)(=O)c1c(C)csc1CNC(C)C. The molecule has 0 aliphatic heterocycles. The zero-order chi connectivity index (χ0) is 16.3. The Morgan fingerprint density at radius 1 is 1.33 bits per heavy atom. The second-order valence-corrected chi connectivity index (χ2v) is 9.03. The van der Waals surface area contributed by atoms with Crippen LogP contribution in [0.2, 0.25) is 0 Å². The van der Waals surface area contributed by atoms with E-state index in [-0.39, 0.29) is 0 Å². The van der Waals surface area contributed by atoms with E-state index in [2.05, 4.69) is 30.8 Å². The normalized spacial score (nSPS) is 13.1. The average Bonchev–Trinajstić information content (AvgIpc) is 2.66. The predicted octanol–water partition coefficient (Wildman–Crippen LogP) is 3.41. The van der Waals surface area contributed by atoms with Gasteiger partial charge >= 0.3 is 0 Å². The second kappa shape index (κ2) is 7.22. The van der Waals surface area contributed by atoms with E-state index in [9.17, 15) is 8.42 Å². The lowest BCUT2D eigenvalue weighted by molar-refractivity contribution is 0.417. The smallest absolute Gasteiger partial charge is 0.242 e. The molecule has 0 radical (unpaired) electrons. The first kappa shape index (κ1) is 18.6. The van der Waals surface area contributed by atoms with E-state index in [0.717, 1.165) is 23.3 Å². The molecule has 4 nitrogen and oxygen atoms in total. The fourth-order valence-corrected chi connectivity index (χ4v) is 5.56. The minimum atomic E-state index is -3.49. The number of nitrogens with one attached hydrogen (secondary N) is 2. The quantitative estimate of drug-likeness (QED) is 0.767. The monoisotopic (exact) mass is 332 g/mol. The highest BCUT2D eigenvalue weighted by Crippen LogP contribution is 2.28. The molecular formula is C15H28N2O2S2. The van der Waals surface area contributed by atoms with Crippen LogP contribution < -0.4 is 10.0 Å². The van der Waals surface area contributed by atoms with Gasteiger partial charge in [0.2, 0.25) is 10.0 Å². The van der Waals surface area contributed by atoms with Gasteiger partial charge in [0.1, 0.15) is 4.90 Å². The number of aryl methyl sites for hydroxylation is 1. The van der Waals surface area contributed by atoms with E-state index in [1.165, 1.54) is 11.3 Å². The van der Waals surface area contributed by atoms with Crippen LogP contribution in [0.15, 0.2) is 10.3 Å². The van der Waals surface area contributed by atoms with Crippen LogP contribution in [0, 0.1) is 6.92 Å². The maximum atomic E-state index is 12.7. The van der Waals surface area contributed by atoms with Crippen LogP contribution in [0.25, 0.3) is 0 Å². The van der Waals surface area contributed by atoms with Crippen molar-refractivity contribution >= 4 is 21.4 Å². The molecule has 1 rings (SSSR count). The molecule has 1 aromatic rings. The second-order valence-electron chi connectivity index (χ2n) is 6.45. The van der Waals surface area contributed by atoms with Gasteiger partial charge in [0.05, 0.1) is 0 Å². The zero-order valence-corrected chi connectivity index (χ0v) is 15.5. The Morgan fingerprint density at radius 2 is 1.95 bits per heavy atom. The number of hydrogen-bond acceptors (Lipinski definition) is 4. The topological polar surface area (TPSA) is 58.2 Å². The van der Waals surface area contributed by atoms with E-state index >= 15 is 0 Å². The summed E-state index contributed by atoms with van der Waals surface area (Å²) in [6, 6.07) is 0.326. The van der Waals surface area contributed by atoms with Gasteiger partial charge in [-0.15, -0.1) is 11.3 Å². The van der Waals surface area contributed by atoms with Crippen LogP contribution in [-0.2, 0) is 16.6 Å². The summed E-state index contributed by atoms with van der Waals surface area (Å²) in [5.41, 5.74) is 0.394. The summed E-state index contributed by atoms with van der Waals surface area (Å²) in [4.78, 5) is 1.32. The molecule has 1 aromatic heterocycles. The Kier molecular flexibility index (Phi) is 6.40. The van der Waals surface area contributed by atoms with E-state index in [1.807, 2.05) is 26.2 Å². The molecular weight excluding hydrogens is 304 g/mol. The van der Waals surface area contributed by atoms with Gasteiger partial charge in [0.15, 0.2) is 0 Å². The van der Waals surface area contributed by atoms with Crippen LogP contribution in [-0.4, -0.2) is 20.0 Å². The minimum absolute atomic E-state index is 0.326. The van der Waals surface area contributed by atoms with Crippen molar-refractivity contribution in [2.24, 2.45) is 0 Å². The summed E-state index contributed by atoms with van der Waals surface area (Å²) < 4.78 is 28.3. The summed E-state index contributed by atoms with van der Waals surface area (Å²) in [7, 11) is -3.49. The molecule has 0 unspecified atom stereocenters. The van der Waals surface area contributed by atoms with Gasteiger partial charge in [-0.2, -0.15) is 0 Å². The third-order valence-electron chi connectivity index (χ3n) is 3.21. The molecule has 0 saturated heterocycles. The molecule has 0 aromatic carbocycles. The Morgan fingerprint density at radius 3 is 2.48 bits per heavy atom. The summed E-state index contributed by atoms with van der Waals surface area (Å²) in [5, 5.41) is 5.21. The number of thiophene rings is 1. The number of hydrogen-bond donors (Lipinski definition) is 2. The predicted molar refractivity (Wildman–Crippen MR) is 90.3 cm³/mol. The van der Waals surface area contributed by atoms with Gasteiger partial charge < -0.3 is 5.32 Å². The molecule has 0 aliphatic carbocycles. The van der Waals surface area contributed by atoms with Gasteiger partial charge in [-0.1, -0.05) is 27.2 Å². The highest BCUT2D eigenvalue weighted by atomic mass is 32.2. The molecule has 6 heteroatoms. The molecule has 0 atom stereocenters. The molecule has 21 heavy (non-hydrogen) atoms. The molecule has 1 heterocycles. The first-order chi connectivity index (χ1) is 9.59. The van der Waals surface area contributed by atoms with Gasteiger partial charge in [-0.25, -0.2) is 13.1 Å². The van der Waals surface area contributed by atoms with Crippen molar-refractivity contribution < 1.29 is 8.42 Å². The Balaban J connectivity index is 3.05. The molecule has 0 spiro atoms. The summed E-state index contributed by atoms with van der Waals surface area (Å²) >= 11 is 1.50. The molecule has 0 saturated carbocycles. The molecule has 0 fully saturated rings. The average molecular weight is 333 g/mol. The van der Waals surface area contributed by atoms with Crippen LogP contribution in [0.4, 0.5) is 0 Å². The van der Waals surface area contributed by atoms with Gasteiger partial charge in [-0.05, 0) is 38.1 Å². The third-order valence-corrected chi connectivity index (χ3v) is 6.38. The number of rotatable bonds is 8. The lowest BCUT2D eigenvalue weighted by Crippen LogP contribution is -2.43. The zero-order valence-electron chi connectivity index (χ0n) is 13.9. The molecule has 0 bridgehead atoms. The summed E-state index contributed by atoms with van der Waals surface area (Å²) in [6.45, 7) is 12.5. The summed E-state index contributed by atoms with van der Waals surface area (Å²) in [6.07, 6.45) is 1.76. The van der Waals surface area contributed by atoms with Crippen molar-refractivity contribution in [3.05, 3.63) is 15.8 Å². The molecule has 122 valence electrons. The van der Waals surface area contributed by atoms with Crippen LogP contribution in [0.1, 0.15) is 57.9 Å². The van der Waals surface area contributed by atoms with E-state index in [4.69, 9.17) is 0 Å².